The van der Waals surface area contributed by atoms with Crippen LogP contribution in [0, 0.1) is 0 Å². The molecular formula is C28H30O4. The van der Waals surface area contributed by atoms with Gasteiger partial charge in [-0.25, -0.2) is 0 Å². The Bertz CT molecular complexity index is 1000. The largest absolute Gasteiger partial charge is 0.497 e. The molecule has 0 aromatic heterocycles. The number of benzene rings is 3. The van der Waals surface area contributed by atoms with Gasteiger partial charge in [0.2, 0.25) is 6.29 Å². The van der Waals surface area contributed by atoms with Crippen molar-refractivity contribution in [1.29, 1.82) is 0 Å². The van der Waals surface area contributed by atoms with Crippen LogP contribution in [0.1, 0.15) is 42.9 Å². The first-order chi connectivity index (χ1) is 15.7. The predicted octanol–water partition coefficient (Wildman–Crippen LogP) is 6.48. The lowest BCUT2D eigenvalue weighted by atomic mass is 9.78. The van der Waals surface area contributed by atoms with Crippen molar-refractivity contribution in [1.82, 2.24) is 0 Å². The minimum Gasteiger partial charge on any atom is -0.497 e. The maximum atomic E-state index is 6.83. The quantitative estimate of drug-likeness (QED) is 0.303. The van der Waals surface area contributed by atoms with E-state index in [-0.39, 0.29) is 0 Å². The second kappa shape index (κ2) is 9.92. The zero-order valence-corrected chi connectivity index (χ0v) is 18.9. The van der Waals surface area contributed by atoms with Gasteiger partial charge >= 0.3 is 0 Å². The van der Waals surface area contributed by atoms with Crippen molar-refractivity contribution in [2.75, 3.05) is 14.2 Å². The van der Waals surface area contributed by atoms with Crippen LogP contribution in [0.5, 0.6) is 17.2 Å². The van der Waals surface area contributed by atoms with E-state index in [1.165, 1.54) is 0 Å². The van der Waals surface area contributed by atoms with Crippen LogP contribution in [0.15, 0.2) is 84.9 Å². The van der Waals surface area contributed by atoms with Crippen molar-refractivity contribution in [3.8, 4) is 17.2 Å². The molecule has 4 rings (SSSR count). The molecule has 32 heavy (non-hydrogen) atoms. The van der Waals surface area contributed by atoms with Gasteiger partial charge in [-0.05, 0) is 29.7 Å². The Morgan fingerprint density at radius 3 is 2.12 bits per heavy atom. The van der Waals surface area contributed by atoms with Crippen LogP contribution in [0.3, 0.4) is 0 Å². The molecule has 3 aromatic carbocycles. The van der Waals surface area contributed by atoms with Crippen LogP contribution in [0.25, 0.3) is 0 Å². The number of hydrogen-bond donors (Lipinski definition) is 0. The minimum atomic E-state index is -0.891. The number of rotatable bonds is 8. The molecule has 0 N–H and O–H groups in total. The lowest BCUT2D eigenvalue weighted by Gasteiger charge is -2.43. The third kappa shape index (κ3) is 4.11. The topological polar surface area (TPSA) is 36.9 Å². The maximum absolute atomic E-state index is 6.83. The summed E-state index contributed by atoms with van der Waals surface area (Å²) in [4.78, 5) is 0. The van der Waals surface area contributed by atoms with Gasteiger partial charge in [0.05, 0.1) is 14.2 Å². The molecule has 0 radical (unpaired) electrons. The van der Waals surface area contributed by atoms with Gasteiger partial charge < -0.3 is 18.9 Å². The van der Waals surface area contributed by atoms with E-state index >= 15 is 0 Å². The number of methoxy groups -OCH3 is 2. The van der Waals surface area contributed by atoms with Crippen LogP contribution < -0.4 is 14.2 Å². The zero-order chi connectivity index (χ0) is 22.4. The molecule has 1 aliphatic heterocycles. The first kappa shape index (κ1) is 22.0. The molecule has 0 bridgehead atoms. The third-order valence-corrected chi connectivity index (χ3v) is 5.77. The summed E-state index contributed by atoms with van der Waals surface area (Å²) in [6.07, 6.45) is 6.82. The van der Waals surface area contributed by atoms with Crippen LogP contribution >= 0.6 is 0 Å². The fourth-order valence-corrected chi connectivity index (χ4v) is 4.17. The highest BCUT2D eigenvalue weighted by Gasteiger charge is 2.47. The van der Waals surface area contributed by atoms with E-state index in [1.54, 1.807) is 14.2 Å². The van der Waals surface area contributed by atoms with E-state index < -0.39 is 11.9 Å². The van der Waals surface area contributed by atoms with Gasteiger partial charge in [-0.1, -0.05) is 86.5 Å². The third-order valence-electron chi connectivity index (χ3n) is 5.77. The number of ether oxygens (including phenoxy) is 4. The highest BCUT2D eigenvalue weighted by atomic mass is 16.7. The number of fused-ring (bicyclic) bond motifs is 1. The highest BCUT2D eigenvalue weighted by molar-refractivity contribution is 5.61. The summed E-state index contributed by atoms with van der Waals surface area (Å²) in [5.74, 6) is 1.96. The van der Waals surface area contributed by atoms with Crippen LogP contribution in [-0.2, 0) is 10.3 Å². The summed E-state index contributed by atoms with van der Waals surface area (Å²) in [6, 6.07) is 24.3. The summed E-state index contributed by atoms with van der Waals surface area (Å²) in [5.41, 5.74) is 1.98. The average Bonchev–Trinajstić information content (AvgIpc) is 2.86. The Morgan fingerprint density at radius 2 is 1.56 bits per heavy atom. The summed E-state index contributed by atoms with van der Waals surface area (Å²) >= 11 is 0. The van der Waals surface area contributed by atoms with E-state index in [0.717, 1.165) is 36.0 Å². The summed E-state index contributed by atoms with van der Waals surface area (Å²) in [6.45, 7) is 2.19. The van der Waals surface area contributed by atoms with Crippen LogP contribution in [0.4, 0.5) is 0 Å². The van der Waals surface area contributed by atoms with E-state index in [9.17, 15) is 0 Å². The van der Waals surface area contributed by atoms with Crippen molar-refractivity contribution >= 4 is 0 Å². The van der Waals surface area contributed by atoms with Crippen LogP contribution in [0.2, 0.25) is 0 Å². The Hall–Kier alpha value is -3.24. The van der Waals surface area contributed by atoms with Crippen molar-refractivity contribution in [3.63, 3.8) is 0 Å². The summed E-state index contributed by atoms with van der Waals surface area (Å²) < 4.78 is 24.5. The van der Waals surface area contributed by atoms with Gasteiger partial charge in [-0.2, -0.15) is 0 Å². The summed E-state index contributed by atoms with van der Waals surface area (Å²) in [5, 5.41) is 0. The molecule has 1 aliphatic rings. The Labute approximate surface area is 190 Å². The number of hydrogen-bond acceptors (Lipinski definition) is 4. The normalized spacial score (nSPS) is 16.9. The molecule has 1 unspecified atom stereocenters. The Kier molecular flexibility index (Phi) is 6.81. The number of unbranched alkanes of at least 4 members (excludes halogenated alkanes) is 2. The lowest BCUT2D eigenvalue weighted by molar-refractivity contribution is -0.137. The molecule has 166 valence electrons. The van der Waals surface area contributed by atoms with Gasteiger partial charge in [-0.3, -0.25) is 0 Å². The molecule has 0 amide bonds. The molecule has 0 aliphatic carbocycles. The van der Waals surface area contributed by atoms with Gasteiger partial charge in [0.15, 0.2) is 17.1 Å². The molecule has 4 nitrogen and oxygen atoms in total. The van der Waals surface area contributed by atoms with E-state index in [4.69, 9.17) is 18.9 Å². The standard InChI is InChI=1S/C28H30O4/c1-4-5-6-13-18-26-31-27-24(19-23(29-2)20-25(27)30-3)28(32-26,21-14-9-7-10-15-21)22-16-11-8-12-17-22/h7-20,26H,4-6H2,1-3H3/b18-13+. The van der Waals surface area contributed by atoms with Crippen molar-refractivity contribution < 1.29 is 18.9 Å². The number of allylic oxidation sites excluding steroid dienone is 1. The van der Waals surface area contributed by atoms with E-state index in [2.05, 4.69) is 37.3 Å². The molecule has 1 atom stereocenters. The highest BCUT2D eigenvalue weighted by Crippen LogP contribution is 2.52. The molecular weight excluding hydrogens is 400 g/mol. The van der Waals surface area contributed by atoms with Crippen molar-refractivity contribution in [2.45, 2.75) is 38.1 Å². The molecule has 1 heterocycles. The molecule has 0 fully saturated rings. The van der Waals surface area contributed by atoms with E-state index in [0.29, 0.717) is 17.2 Å². The maximum Gasteiger partial charge on any atom is 0.221 e. The van der Waals surface area contributed by atoms with Gasteiger partial charge in [-0.15, -0.1) is 0 Å². The molecule has 0 spiro atoms. The smallest absolute Gasteiger partial charge is 0.221 e. The fourth-order valence-electron chi connectivity index (χ4n) is 4.17. The van der Waals surface area contributed by atoms with Crippen LogP contribution in [-0.4, -0.2) is 20.5 Å². The SMILES string of the molecule is CCCC/C=C/C1Oc2c(OC)cc(OC)cc2C(c2ccccc2)(c2ccccc2)O1. The van der Waals surface area contributed by atoms with Crippen molar-refractivity contribution in [3.05, 3.63) is 102 Å². The molecule has 3 aromatic rings. The second-order valence-corrected chi connectivity index (χ2v) is 7.79. The zero-order valence-electron chi connectivity index (χ0n) is 18.9. The molecule has 0 saturated carbocycles. The second-order valence-electron chi connectivity index (χ2n) is 7.79. The minimum absolute atomic E-state index is 0.568. The van der Waals surface area contributed by atoms with Gasteiger partial charge in [0.1, 0.15) is 5.75 Å². The molecule has 0 saturated heterocycles. The lowest BCUT2D eigenvalue weighted by Crippen LogP contribution is -2.42. The monoisotopic (exact) mass is 430 g/mol. The predicted molar refractivity (Wildman–Crippen MR) is 126 cm³/mol. The summed E-state index contributed by atoms with van der Waals surface area (Å²) in [7, 11) is 3.30. The Balaban J connectivity index is 1.97. The average molecular weight is 431 g/mol. The molecule has 4 heteroatoms. The van der Waals surface area contributed by atoms with Gasteiger partial charge in [0.25, 0.3) is 0 Å². The van der Waals surface area contributed by atoms with Crippen molar-refractivity contribution in [2.24, 2.45) is 0 Å². The first-order valence-corrected chi connectivity index (χ1v) is 11.1. The Morgan fingerprint density at radius 1 is 0.906 bits per heavy atom. The van der Waals surface area contributed by atoms with Gasteiger partial charge in [0, 0.05) is 11.6 Å². The first-order valence-electron chi connectivity index (χ1n) is 11.1. The van der Waals surface area contributed by atoms with E-state index in [1.807, 2.05) is 54.6 Å². The fraction of sp³-hybridized carbons (Fsp3) is 0.286.